The number of fused-ring (bicyclic) bond motifs is 1. The summed E-state index contributed by atoms with van der Waals surface area (Å²) in [4.78, 5) is 13.7. The predicted octanol–water partition coefficient (Wildman–Crippen LogP) is 5.39. The van der Waals surface area contributed by atoms with E-state index < -0.39 is 0 Å². The van der Waals surface area contributed by atoms with Crippen molar-refractivity contribution in [3.05, 3.63) is 66.7 Å². The first-order valence-electron chi connectivity index (χ1n) is 10.7. The molecule has 7 nitrogen and oxygen atoms in total. The number of carbonyl (C=O) groups is 1. The second-order valence-electron chi connectivity index (χ2n) is 7.42. The maximum atomic E-state index is 12.7. The van der Waals surface area contributed by atoms with Gasteiger partial charge < -0.3 is 30.2 Å². The quantitative estimate of drug-likeness (QED) is 0.297. The molecule has 0 radical (unpaired) electrons. The predicted molar refractivity (Wildman–Crippen MR) is 141 cm³/mol. The molecule has 34 heavy (non-hydrogen) atoms. The molecule has 0 fully saturated rings. The second-order valence-corrected chi connectivity index (χ2v) is 9.24. The van der Waals surface area contributed by atoms with Crippen molar-refractivity contribution in [2.45, 2.75) is 17.1 Å². The van der Waals surface area contributed by atoms with E-state index in [1.807, 2.05) is 61.5 Å². The number of hydrogen-bond donors (Lipinski definition) is 3. The molecule has 0 saturated carbocycles. The maximum Gasteiger partial charge on any atom is 0.237 e. The summed E-state index contributed by atoms with van der Waals surface area (Å²) in [6, 6.07) is 20.7. The lowest BCUT2D eigenvalue weighted by Crippen LogP contribution is -2.23. The number of methoxy groups -OCH3 is 1. The first-order valence-corrected chi connectivity index (χ1v) is 12.0. The van der Waals surface area contributed by atoms with Crippen LogP contribution in [0.3, 0.4) is 0 Å². The number of carbonyl (C=O) groups excluding carboxylic acids is 1. The topological polar surface area (TPSA) is 80.9 Å². The van der Waals surface area contributed by atoms with Crippen LogP contribution in [-0.2, 0) is 4.79 Å². The molecule has 0 saturated heterocycles. The molecule has 176 valence electrons. The van der Waals surface area contributed by atoms with Gasteiger partial charge >= 0.3 is 0 Å². The Balaban J connectivity index is 1.34. The zero-order chi connectivity index (χ0) is 23.9. The molecule has 3 aromatic rings. The van der Waals surface area contributed by atoms with Gasteiger partial charge in [0, 0.05) is 22.3 Å². The molecule has 9 heteroatoms. The summed E-state index contributed by atoms with van der Waals surface area (Å²) in [5, 5.41) is 9.39. The molecule has 1 unspecified atom stereocenters. The molecule has 3 aromatic carbocycles. The monoisotopic (exact) mass is 495 g/mol. The Morgan fingerprint density at radius 2 is 1.71 bits per heavy atom. The number of thiocarbonyl (C=S) groups is 1. The fourth-order valence-corrected chi connectivity index (χ4v) is 4.46. The van der Waals surface area contributed by atoms with E-state index in [1.165, 1.54) is 11.8 Å². The van der Waals surface area contributed by atoms with Crippen LogP contribution in [0.15, 0.2) is 71.6 Å². The highest BCUT2D eigenvalue weighted by Gasteiger charge is 2.17. The normalized spacial score (nSPS) is 12.9. The van der Waals surface area contributed by atoms with Gasteiger partial charge in [0.05, 0.1) is 18.0 Å². The average molecular weight is 496 g/mol. The number of rotatable bonds is 7. The number of nitrogens with one attached hydrogen (secondary N) is 3. The van der Waals surface area contributed by atoms with Gasteiger partial charge in [-0.25, -0.2) is 0 Å². The minimum absolute atomic E-state index is 0.103. The molecule has 1 aliphatic rings. The summed E-state index contributed by atoms with van der Waals surface area (Å²) >= 11 is 6.91. The van der Waals surface area contributed by atoms with E-state index in [2.05, 4.69) is 16.0 Å². The number of ether oxygens (including phenoxy) is 3. The number of amides is 1. The van der Waals surface area contributed by atoms with E-state index in [1.54, 1.807) is 19.2 Å². The SMILES string of the molecule is COc1ccccc1NC(=S)Nc1cccc(SC(C)C(=O)Nc2ccc3c(c2)OCCO3)c1. The van der Waals surface area contributed by atoms with Crippen LogP contribution in [0.25, 0.3) is 0 Å². The molecule has 1 aliphatic heterocycles. The number of para-hydroxylation sites is 2. The van der Waals surface area contributed by atoms with E-state index in [9.17, 15) is 4.79 Å². The Bertz CT molecular complexity index is 1190. The van der Waals surface area contributed by atoms with Gasteiger partial charge in [0.25, 0.3) is 0 Å². The highest BCUT2D eigenvalue weighted by atomic mass is 32.2. The van der Waals surface area contributed by atoms with Crippen LogP contribution >= 0.6 is 24.0 Å². The lowest BCUT2D eigenvalue weighted by molar-refractivity contribution is -0.115. The molecule has 1 atom stereocenters. The van der Waals surface area contributed by atoms with Crippen molar-refractivity contribution in [1.82, 2.24) is 0 Å². The number of hydrogen-bond acceptors (Lipinski definition) is 6. The third-order valence-corrected chi connectivity index (χ3v) is 6.24. The highest BCUT2D eigenvalue weighted by molar-refractivity contribution is 8.00. The van der Waals surface area contributed by atoms with Crippen molar-refractivity contribution < 1.29 is 19.0 Å². The molecule has 0 bridgehead atoms. The van der Waals surface area contributed by atoms with Crippen LogP contribution in [-0.4, -0.2) is 36.6 Å². The van der Waals surface area contributed by atoms with Crippen molar-refractivity contribution in [2.75, 3.05) is 36.3 Å². The van der Waals surface area contributed by atoms with E-state index >= 15 is 0 Å². The molecular weight excluding hydrogens is 470 g/mol. The molecule has 0 spiro atoms. The third kappa shape index (κ3) is 6.12. The first-order chi connectivity index (χ1) is 16.5. The Hall–Kier alpha value is -3.43. The number of anilines is 3. The first kappa shape index (κ1) is 23.7. The molecule has 0 aromatic heterocycles. The van der Waals surface area contributed by atoms with Gasteiger partial charge in [0.2, 0.25) is 5.91 Å². The van der Waals surface area contributed by atoms with Gasteiger partial charge in [-0.15, -0.1) is 11.8 Å². The number of thioether (sulfide) groups is 1. The van der Waals surface area contributed by atoms with E-state index in [0.717, 1.165) is 16.3 Å². The summed E-state index contributed by atoms with van der Waals surface area (Å²) in [6.07, 6.45) is 0. The summed E-state index contributed by atoms with van der Waals surface area (Å²) in [7, 11) is 1.61. The largest absolute Gasteiger partial charge is 0.495 e. The zero-order valence-electron chi connectivity index (χ0n) is 18.8. The molecule has 1 amide bonds. The summed E-state index contributed by atoms with van der Waals surface area (Å²) in [6.45, 7) is 2.90. The van der Waals surface area contributed by atoms with Crippen LogP contribution < -0.4 is 30.2 Å². The average Bonchev–Trinajstić information content (AvgIpc) is 2.84. The summed E-state index contributed by atoms with van der Waals surface area (Å²) in [5.74, 6) is 1.93. The fraction of sp³-hybridized carbons (Fsp3) is 0.200. The van der Waals surface area contributed by atoms with Crippen LogP contribution in [0.2, 0.25) is 0 Å². The van der Waals surface area contributed by atoms with Crippen molar-refractivity contribution in [3.63, 3.8) is 0 Å². The third-order valence-electron chi connectivity index (χ3n) is 4.94. The summed E-state index contributed by atoms with van der Waals surface area (Å²) in [5.41, 5.74) is 2.26. The van der Waals surface area contributed by atoms with Crippen molar-refractivity contribution in [3.8, 4) is 17.2 Å². The Labute approximate surface area is 208 Å². The molecule has 0 aliphatic carbocycles. The van der Waals surface area contributed by atoms with E-state index in [4.69, 9.17) is 26.4 Å². The van der Waals surface area contributed by atoms with Crippen LogP contribution in [0.1, 0.15) is 6.92 Å². The van der Waals surface area contributed by atoms with Gasteiger partial charge in [-0.05, 0) is 61.6 Å². The Kier molecular flexibility index (Phi) is 7.76. The van der Waals surface area contributed by atoms with Crippen LogP contribution in [0, 0.1) is 0 Å². The smallest absolute Gasteiger partial charge is 0.237 e. The van der Waals surface area contributed by atoms with Crippen molar-refractivity contribution in [1.29, 1.82) is 0 Å². The highest BCUT2D eigenvalue weighted by Crippen LogP contribution is 2.33. The van der Waals surface area contributed by atoms with Gasteiger partial charge in [-0.3, -0.25) is 4.79 Å². The molecule has 4 rings (SSSR count). The molecule has 3 N–H and O–H groups in total. The molecule has 1 heterocycles. The van der Waals surface area contributed by atoms with E-state index in [-0.39, 0.29) is 11.2 Å². The standard InChI is InChI=1S/C25H25N3O4S2/c1-16(24(29)26-18-10-11-22-23(15-18)32-13-12-31-22)34-19-7-5-6-17(14-19)27-25(33)28-20-8-3-4-9-21(20)30-2/h3-11,14-16H,12-13H2,1-2H3,(H,26,29)(H2,27,28,33). The lowest BCUT2D eigenvalue weighted by Gasteiger charge is -2.19. The van der Waals surface area contributed by atoms with Gasteiger partial charge in [0.1, 0.15) is 19.0 Å². The Morgan fingerprint density at radius 3 is 2.53 bits per heavy atom. The van der Waals surface area contributed by atoms with Crippen molar-refractivity contribution >= 4 is 52.1 Å². The van der Waals surface area contributed by atoms with Gasteiger partial charge in [-0.1, -0.05) is 18.2 Å². The molecular formula is C25H25N3O4S2. The van der Waals surface area contributed by atoms with Gasteiger partial charge in [0.15, 0.2) is 16.6 Å². The summed E-state index contributed by atoms with van der Waals surface area (Å²) < 4.78 is 16.5. The van der Waals surface area contributed by atoms with Gasteiger partial charge in [-0.2, -0.15) is 0 Å². The zero-order valence-corrected chi connectivity index (χ0v) is 20.4. The van der Waals surface area contributed by atoms with Crippen LogP contribution in [0.5, 0.6) is 17.2 Å². The van der Waals surface area contributed by atoms with Crippen molar-refractivity contribution in [2.24, 2.45) is 0 Å². The van der Waals surface area contributed by atoms with E-state index in [0.29, 0.717) is 41.3 Å². The Morgan fingerprint density at radius 1 is 0.941 bits per heavy atom. The number of benzene rings is 3. The maximum absolute atomic E-state index is 12.7. The fourth-order valence-electron chi connectivity index (χ4n) is 3.30. The minimum atomic E-state index is -0.317. The second kappa shape index (κ2) is 11.1. The minimum Gasteiger partial charge on any atom is -0.495 e. The lowest BCUT2D eigenvalue weighted by atomic mass is 10.2. The van der Waals surface area contributed by atoms with Crippen LogP contribution in [0.4, 0.5) is 17.1 Å².